The second-order valence-electron chi connectivity index (χ2n) is 6.81. The highest BCUT2D eigenvalue weighted by molar-refractivity contribution is 5.82. The summed E-state index contributed by atoms with van der Waals surface area (Å²) in [4.78, 5) is 12.9. The van der Waals surface area contributed by atoms with Gasteiger partial charge in [0.25, 0.3) is 0 Å². The van der Waals surface area contributed by atoms with Crippen molar-refractivity contribution in [3.8, 4) is 11.5 Å². The zero-order valence-corrected chi connectivity index (χ0v) is 16.5. The molecule has 11 heteroatoms. The molecule has 0 aliphatic carbocycles. The molecule has 1 saturated heterocycles. The number of methoxy groups -OCH3 is 2. The first-order valence-corrected chi connectivity index (χ1v) is 9.32. The Kier molecular flexibility index (Phi) is 5.68. The number of aromatic nitrogens is 4. The average molecular weight is 417 g/mol. The lowest BCUT2D eigenvalue weighted by atomic mass is 10.1. The Morgan fingerprint density at radius 1 is 1.13 bits per heavy atom. The van der Waals surface area contributed by atoms with Crippen LogP contribution < -0.4 is 14.8 Å². The number of hydrogen-bond acceptors (Lipinski definition) is 10. The molecule has 3 heterocycles. The predicted molar refractivity (Wildman–Crippen MR) is 105 cm³/mol. The van der Waals surface area contributed by atoms with Gasteiger partial charge >= 0.3 is 0 Å². The number of rotatable bonds is 7. The Bertz CT molecular complexity index is 1030. The van der Waals surface area contributed by atoms with Gasteiger partial charge in [0, 0.05) is 12.1 Å². The molecule has 11 nitrogen and oxygen atoms in total. The molecule has 0 bridgehead atoms. The molecule has 0 radical (unpaired) electrons. The summed E-state index contributed by atoms with van der Waals surface area (Å²) in [6, 6.07) is 5.50. The van der Waals surface area contributed by atoms with E-state index in [4.69, 9.17) is 14.2 Å². The van der Waals surface area contributed by atoms with Gasteiger partial charge < -0.3 is 34.8 Å². The van der Waals surface area contributed by atoms with Gasteiger partial charge in [-0.2, -0.15) is 0 Å². The van der Waals surface area contributed by atoms with Gasteiger partial charge in [-0.25, -0.2) is 15.0 Å². The van der Waals surface area contributed by atoms with Crippen molar-refractivity contribution >= 4 is 17.0 Å². The summed E-state index contributed by atoms with van der Waals surface area (Å²) in [7, 11) is 3.19. The third-order valence-electron chi connectivity index (χ3n) is 5.08. The van der Waals surface area contributed by atoms with Crippen LogP contribution in [-0.2, 0) is 11.3 Å². The molecular weight excluding hydrogens is 394 g/mol. The molecule has 1 aromatic carbocycles. The van der Waals surface area contributed by atoms with Crippen molar-refractivity contribution < 1.29 is 29.5 Å². The number of benzene rings is 1. The van der Waals surface area contributed by atoms with Crippen molar-refractivity contribution in [2.45, 2.75) is 31.1 Å². The van der Waals surface area contributed by atoms with Crippen LogP contribution in [-0.4, -0.2) is 74.0 Å². The van der Waals surface area contributed by atoms with E-state index in [0.717, 1.165) is 5.56 Å². The summed E-state index contributed by atoms with van der Waals surface area (Å²) in [5.41, 5.74) is 1.75. The van der Waals surface area contributed by atoms with Crippen molar-refractivity contribution in [2.75, 3.05) is 26.1 Å². The molecule has 1 unspecified atom stereocenters. The first-order chi connectivity index (χ1) is 14.6. The molecule has 1 fully saturated rings. The van der Waals surface area contributed by atoms with Crippen LogP contribution >= 0.6 is 0 Å². The van der Waals surface area contributed by atoms with Crippen LogP contribution in [0.25, 0.3) is 11.2 Å². The number of imidazole rings is 1. The SMILES string of the molecule is COc1ccc(OC)c(CNc2ncnc3c2ncn3C2O[C@H](CO)[C@@H](O)[C@@H]2O)c1. The Balaban J connectivity index is 1.60. The van der Waals surface area contributed by atoms with E-state index in [1.807, 2.05) is 18.2 Å². The lowest BCUT2D eigenvalue weighted by Crippen LogP contribution is -2.33. The molecule has 2 aromatic heterocycles. The maximum absolute atomic E-state index is 10.3. The number of hydrogen-bond donors (Lipinski definition) is 4. The number of nitrogens with zero attached hydrogens (tertiary/aromatic N) is 4. The Morgan fingerprint density at radius 3 is 2.67 bits per heavy atom. The zero-order chi connectivity index (χ0) is 21.3. The Morgan fingerprint density at radius 2 is 1.97 bits per heavy atom. The third kappa shape index (κ3) is 3.52. The van der Waals surface area contributed by atoms with Crippen molar-refractivity contribution in [1.29, 1.82) is 0 Å². The van der Waals surface area contributed by atoms with Gasteiger partial charge in [0.15, 0.2) is 23.2 Å². The lowest BCUT2D eigenvalue weighted by Gasteiger charge is -2.16. The van der Waals surface area contributed by atoms with E-state index in [-0.39, 0.29) is 0 Å². The van der Waals surface area contributed by atoms with Crippen LogP contribution in [0.1, 0.15) is 11.8 Å². The molecule has 0 spiro atoms. The maximum Gasteiger partial charge on any atom is 0.167 e. The van der Waals surface area contributed by atoms with E-state index in [1.54, 1.807) is 14.2 Å². The molecule has 30 heavy (non-hydrogen) atoms. The average Bonchev–Trinajstić information content (AvgIpc) is 3.33. The van der Waals surface area contributed by atoms with Gasteiger partial charge in [-0.1, -0.05) is 0 Å². The molecule has 1 aliphatic rings. The van der Waals surface area contributed by atoms with E-state index in [2.05, 4.69) is 20.3 Å². The first-order valence-electron chi connectivity index (χ1n) is 9.32. The second-order valence-corrected chi connectivity index (χ2v) is 6.81. The molecule has 160 valence electrons. The van der Waals surface area contributed by atoms with Crippen molar-refractivity contribution in [2.24, 2.45) is 0 Å². The Hall–Kier alpha value is -2.99. The first kappa shape index (κ1) is 20.3. The minimum absolute atomic E-state index is 0.396. The van der Waals surface area contributed by atoms with Crippen molar-refractivity contribution in [3.63, 3.8) is 0 Å². The highest BCUT2D eigenvalue weighted by Crippen LogP contribution is 2.32. The van der Waals surface area contributed by atoms with Crippen molar-refractivity contribution in [3.05, 3.63) is 36.4 Å². The quantitative estimate of drug-likeness (QED) is 0.417. The lowest BCUT2D eigenvalue weighted by molar-refractivity contribution is -0.0511. The fourth-order valence-corrected chi connectivity index (χ4v) is 3.48. The molecule has 4 atom stereocenters. The summed E-state index contributed by atoms with van der Waals surface area (Å²) in [6.07, 6.45) is -1.43. The normalized spacial score (nSPS) is 23.6. The predicted octanol–water partition coefficient (Wildman–Crippen LogP) is 0.0671. The largest absolute Gasteiger partial charge is 0.497 e. The molecular formula is C19H23N5O6. The number of aliphatic hydroxyl groups excluding tert-OH is 3. The van der Waals surface area contributed by atoms with Crippen LogP contribution in [0.3, 0.4) is 0 Å². The summed E-state index contributed by atoms with van der Waals surface area (Å²) in [5.74, 6) is 1.88. The number of fused-ring (bicyclic) bond motifs is 1. The number of anilines is 1. The highest BCUT2D eigenvalue weighted by Gasteiger charge is 2.44. The monoisotopic (exact) mass is 417 g/mol. The van der Waals surface area contributed by atoms with Gasteiger partial charge in [0.05, 0.1) is 27.2 Å². The highest BCUT2D eigenvalue weighted by atomic mass is 16.6. The van der Waals surface area contributed by atoms with Crippen molar-refractivity contribution in [1.82, 2.24) is 19.5 Å². The minimum Gasteiger partial charge on any atom is -0.497 e. The van der Waals surface area contributed by atoms with Crippen LogP contribution in [0.15, 0.2) is 30.9 Å². The molecule has 1 aliphatic heterocycles. The topological polar surface area (TPSA) is 144 Å². The maximum atomic E-state index is 10.3. The zero-order valence-electron chi connectivity index (χ0n) is 16.5. The number of nitrogens with one attached hydrogen (secondary N) is 1. The van der Waals surface area contributed by atoms with E-state index in [9.17, 15) is 15.3 Å². The van der Waals surface area contributed by atoms with Gasteiger partial charge in [0.1, 0.15) is 36.1 Å². The molecule has 3 aromatic rings. The van der Waals surface area contributed by atoms with Crippen LogP contribution in [0.5, 0.6) is 11.5 Å². The standard InChI is InChI=1S/C19H23N5O6/c1-28-11-3-4-12(29-2)10(5-11)6-20-17-14-18(22-8-21-17)24(9-23-14)19-16(27)15(26)13(7-25)30-19/h3-5,8-9,13,15-16,19,25-27H,6-7H2,1-2H3,(H,20,21,22)/t13-,15-,16+,19?/m1/s1. The molecule has 4 N–H and O–H groups in total. The molecule has 4 rings (SSSR count). The van der Waals surface area contributed by atoms with E-state index >= 15 is 0 Å². The second kappa shape index (κ2) is 8.40. The van der Waals surface area contributed by atoms with Gasteiger partial charge in [-0.05, 0) is 18.2 Å². The summed E-state index contributed by atoms with van der Waals surface area (Å²) in [6.45, 7) is -0.0152. The molecule has 0 saturated carbocycles. The fourth-order valence-electron chi connectivity index (χ4n) is 3.48. The van der Waals surface area contributed by atoms with Gasteiger partial charge in [0.2, 0.25) is 0 Å². The smallest absolute Gasteiger partial charge is 0.167 e. The van der Waals surface area contributed by atoms with E-state index in [1.165, 1.54) is 17.2 Å². The number of ether oxygens (including phenoxy) is 3. The summed E-state index contributed by atoms with van der Waals surface area (Å²) < 4.78 is 17.8. The third-order valence-corrected chi connectivity index (χ3v) is 5.08. The van der Waals surface area contributed by atoms with Crippen LogP contribution in [0, 0.1) is 0 Å². The Labute approximate surface area is 171 Å². The van der Waals surface area contributed by atoms with E-state index in [0.29, 0.717) is 35.0 Å². The summed E-state index contributed by atoms with van der Waals surface area (Å²) >= 11 is 0. The van der Waals surface area contributed by atoms with E-state index < -0.39 is 31.1 Å². The van der Waals surface area contributed by atoms with Crippen LogP contribution in [0.4, 0.5) is 5.82 Å². The van der Waals surface area contributed by atoms with Crippen LogP contribution in [0.2, 0.25) is 0 Å². The fraction of sp³-hybridized carbons (Fsp3) is 0.421. The minimum atomic E-state index is -1.23. The van der Waals surface area contributed by atoms with Gasteiger partial charge in [-0.15, -0.1) is 0 Å². The molecule has 0 amide bonds. The van der Waals surface area contributed by atoms with Gasteiger partial charge in [-0.3, -0.25) is 4.57 Å². The summed E-state index contributed by atoms with van der Waals surface area (Å²) in [5, 5.41) is 32.8. The number of aliphatic hydroxyl groups is 3.